The standard InChI is InChI=1S/C11H10ClFIN3O3S/c1-20-5-4-17-10(15-16-11(17)21(12,18)19)8-3-2-7(13)6-9(8)14/h2-3,6H,4-5H2,1H3. The molecule has 0 fully saturated rings. The summed E-state index contributed by atoms with van der Waals surface area (Å²) in [6, 6.07) is 4.09. The van der Waals surface area contributed by atoms with E-state index in [9.17, 15) is 12.8 Å². The first-order valence-electron chi connectivity index (χ1n) is 5.67. The van der Waals surface area contributed by atoms with Gasteiger partial charge in [-0.25, -0.2) is 12.8 Å². The number of ether oxygens (including phenoxy) is 1. The van der Waals surface area contributed by atoms with Crippen LogP contribution in [0.25, 0.3) is 11.4 Å². The molecule has 21 heavy (non-hydrogen) atoms. The zero-order valence-corrected chi connectivity index (χ0v) is 14.5. The topological polar surface area (TPSA) is 74.1 Å². The summed E-state index contributed by atoms with van der Waals surface area (Å²) in [5.74, 6) is -0.105. The second-order valence-corrected chi connectivity index (χ2v) is 7.63. The normalized spacial score (nSPS) is 11.8. The van der Waals surface area contributed by atoms with Crippen molar-refractivity contribution in [1.82, 2.24) is 14.8 Å². The minimum atomic E-state index is -4.04. The van der Waals surface area contributed by atoms with Gasteiger partial charge in [0.05, 0.1) is 13.2 Å². The Hall–Kier alpha value is -0.780. The minimum absolute atomic E-state index is 0.202. The first-order chi connectivity index (χ1) is 9.84. The average Bonchev–Trinajstić information content (AvgIpc) is 2.79. The van der Waals surface area contributed by atoms with Crippen molar-refractivity contribution < 1.29 is 17.5 Å². The summed E-state index contributed by atoms with van der Waals surface area (Å²) < 4.78 is 43.1. The summed E-state index contributed by atoms with van der Waals surface area (Å²) in [5, 5.41) is 7.12. The van der Waals surface area contributed by atoms with Crippen molar-refractivity contribution in [3.8, 4) is 11.4 Å². The second-order valence-electron chi connectivity index (χ2n) is 4.01. The van der Waals surface area contributed by atoms with Crippen molar-refractivity contribution in [2.45, 2.75) is 11.7 Å². The van der Waals surface area contributed by atoms with Gasteiger partial charge in [-0.1, -0.05) is 0 Å². The third-order valence-corrected chi connectivity index (χ3v) is 4.67. The molecule has 0 saturated carbocycles. The maximum atomic E-state index is 13.2. The van der Waals surface area contributed by atoms with Crippen molar-refractivity contribution in [1.29, 1.82) is 0 Å². The van der Waals surface area contributed by atoms with Crippen LogP contribution in [0.1, 0.15) is 0 Å². The molecule has 0 unspecified atom stereocenters. The van der Waals surface area contributed by atoms with Gasteiger partial charge in [0.25, 0.3) is 14.2 Å². The van der Waals surface area contributed by atoms with Crippen molar-refractivity contribution in [2.24, 2.45) is 0 Å². The zero-order chi connectivity index (χ0) is 15.6. The largest absolute Gasteiger partial charge is 0.383 e. The van der Waals surface area contributed by atoms with E-state index in [1.165, 1.54) is 29.9 Å². The predicted molar refractivity (Wildman–Crippen MR) is 83.0 cm³/mol. The van der Waals surface area contributed by atoms with Gasteiger partial charge in [-0.2, -0.15) is 0 Å². The lowest BCUT2D eigenvalue weighted by atomic mass is 10.2. The SMILES string of the molecule is COCCn1c(-c2ccc(F)cc2I)nnc1S(=O)(=O)Cl. The fraction of sp³-hybridized carbons (Fsp3) is 0.273. The Morgan fingerprint density at radius 2 is 2.14 bits per heavy atom. The number of benzene rings is 1. The summed E-state index contributed by atoms with van der Waals surface area (Å²) in [6.07, 6.45) is 0. The quantitative estimate of drug-likeness (QED) is 0.521. The fourth-order valence-corrected chi connectivity index (χ4v) is 3.36. The maximum absolute atomic E-state index is 13.2. The van der Waals surface area contributed by atoms with Gasteiger partial charge < -0.3 is 4.74 Å². The Balaban J connectivity index is 2.60. The van der Waals surface area contributed by atoms with E-state index in [2.05, 4.69) is 10.2 Å². The Morgan fingerprint density at radius 3 is 2.71 bits per heavy atom. The van der Waals surface area contributed by atoms with Crippen LogP contribution < -0.4 is 0 Å². The highest BCUT2D eigenvalue weighted by atomic mass is 127. The molecule has 1 aromatic carbocycles. The van der Waals surface area contributed by atoms with Crippen molar-refractivity contribution >= 4 is 42.3 Å². The van der Waals surface area contributed by atoms with Crippen LogP contribution in [0.15, 0.2) is 23.4 Å². The summed E-state index contributed by atoms with van der Waals surface area (Å²) in [5.41, 5.74) is 0.562. The van der Waals surface area contributed by atoms with Gasteiger partial charge in [-0.15, -0.1) is 10.2 Å². The average molecular weight is 446 g/mol. The smallest absolute Gasteiger partial charge is 0.296 e. The summed E-state index contributed by atoms with van der Waals surface area (Å²) in [7, 11) is 2.80. The van der Waals surface area contributed by atoms with Gasteiger partial charge in [-0.05, 0) is 40.8 Å². The van der Waals surface area contributed by atoms with Crippen LogP contribution in [0.4, 0.5) is 4.39 Å². The summed E-state index contributed by atoms with van der Waals surface area (Å²) in [6.45, 7) is 0.454. The van der Waals surface area contributed by atoms with Crippen molar-refractivity contribution in [2.75, 3.05) is 13.7 Å². The molecule has 10 heteroatoms. The Labute approximate surface area is 138 Å². The van der Waals surface area contributed by atoms with Crippen molar-refractivity contribution in [3.63, 3.8) is 0 Å². The number of methoxy groups -OCH3 is 1. The number of halogens is 3. The van der Waals surface area contributed by atoms with Crippen LogP contribution in [-0.2, 0) is 20.3 Å². The molecular weight excluding hydrogens is 436 g/mol. The third kappa shape index (κ3) is 3.71. The molecule has 114 valence electrons. The molecule has 0 spiro atoms. The lowest BCUT2D eigenvalue weighted by Crippen LogP contribution is -2.12. The van der Waals surface area contributed by atoms with Crippen LogP contribution in [0.5, 0.6) is 0 Å². The van der Waals surface area contributed by atoms with Crippen LogP contribution >= 0.6 is 33.3 Å². The Morgan fingerprint density at radius 1 is 1.43 bits per heavy atom. The molecule has 1 heterocycles. The van der Waals surface area contributed by atoms with Crippen LogP contribution in [0.3, 0.4) is 0 Å². The van der Waals surface area contributed by atoms with Crippen molar-refractivity contribution in [3.05, 3.63) is 27.6 Å². The summed E-state index contributed by atoms with van der Waals surface area (Å²) >= 11 is 1.94. The fourth-order valence-electron chi connectivity index (χ4n) is 1.72. The molecule has 0 aliphatic carbocycles. The highest BCUT2D eigenvalue weighted by Crippen LogP contribution is 2.27. The van der Waals surface area contributed by atoms with E-state index in [0.29, 0.717) is 9.13 Å². The van der Waals surface area contributed by atoms with E-state index in [0.717, 1.165) is 0 Å². The molecule has 6 nitrogen and oxygen atoms in total. The Kier molecular flexibility index (Phi) is 5.17. The number of rotatable bonds is 5. The number of hydrogen-bond acceptors (Lipinski definition) is 5. The van der Waals surface area contributed by atoms with Crippen LogP contribution in [0.2, 0.25) is 0 Å². The lowest BCUT2D eigenvalue weighted by Gasteiger charge is -2.09. The minimum Gasteiger partial charge on any atom is -0.383 e. The molecule has 2 aromatic rings. The van der Waals surface area contributed by atoms with Gasteiger partial charge in [-0.3, -0.25) is 4.57 Å². The molecule has 0 saturated heterocycles. The third-order valence-electron chi connectivity index (χ3n) is 2.63. The van der Waals surface area contributed by atoms with Gasteiger partial charge in [0, 0.05) is 26.9 Å². The molecule has 2 rings (SSSR count). The van der Waals surface area contributed by atoms with E-state index in [-0.39, 0.29) is 24.1 Å². The van der Waals surface area contributed by atoms with Gasteiger partial charge >= 0.3 is 0 Å². The second kappa shape index (κ2) is 6.55. The molecule has 0 atom stereocenters. The van der Waals surface area contributed by atoms with E-state index < -0.39 is 14.9 Å². The maximum Gasteiger partial charge on any atom is 0.296 e. The number of hydrogen-bond donors (Lipinski definition) is 0. The lowest BCUT2D eigenvalue weighted by molar-refractivity contribution is 0.185. The zero-order valence-electron chi connectivity index (χ0n) is 10.8. The van der Waals surface area contributed by atoms with E-state index in [1.54, 1.807) is 0 Å². The number of nitrogens with zero attached hydrogens (tertiary/aromatic N) is 3. The van der Waals surface area contributed by atoms with E-state index >= 15 is 0 Å². The van der Waals surface area contributed by atoms with Gasteiger partial charge in [0.2, 0.25) is 0 Å². The van der Waals surface area contributed by atoms with Gasteiger partial charge in [0.1, 0.15) is 5.82 Å². The predicted octanol–water partition coefficient (Wildman–Crippen LogP) is 2.26. The van der Waals surface area contributed by atoms with Crippen LogP contribution in [-0.4, -0.2) is 36.9 Å². The molecule has 0 aliphatic rings. The summed E-state index contributed by atoms with van der Waals surface area (Å²) in [4.78, 5) is 0. The van der Waals surface area contributed by atoms with E-state index in [1.807, 2.05) is 22.6 Å². The molecule has 0 amide bonds. The number of aromatic nitrogens is 3. The molecule has 0 bridgehead atoms. The monoisotopic (exact) mass is 445 g/mol. The molecule has 0 aliphatic heterocycles. The highest BCUT2D eigenvalue weighted by Gasteiger charge is 2.24. The molecule has 1 aromatic heterocycles. The molecule has 0 radical (unpaired) electrons. The van der Waals surface area contributed by atoms with Crippen LogP contribution in [0, 0.1) is 9.39 Å². The Bertz CT molecular complexity index is 766. The molecule has 0 N–H and O–H groups in total. The highest BCUT2D eigenvalue weighted by molar-refractivity contribution is 14.1. The first kappa shape index (κ1) is 16.6. The van der Waals surface area contributed by atoms with E-state index in [4.69, 9.17) is 15.4 Å². The molecular formula is C11H10ClFIN3O3S. The van der Waals surface area contributed by atoms with Gasteiger partial charge in [0.15, 0.2) is 5.82 Å². The first-order valence-corrected chi connectivity index (χ1v) is 9.05.